The van der Waals surface area contributed by atoms with Gasteiger partial charge in [0.05, 0.1) is 5.75 Å². The number of benzene rings is 1. The van der Waals surface area contributed by atoms with E-state index in [0.29, 0.717) is 6.04 Å². The second-order valence-corrected chi connectivity index (χ2v) is 6.20. The molecular weight excluding hydrogens is 299 g/mol. The molecule has 0 spiro atoms. The highest BCUT2D eigenvalue weighted by Crippen LogP contribution is 2.32. The first-order chi connectivity index (χ1) is 9.64. The highest BCUT2D eigenvalue weighted by atomic mass is 32.2. The van der Waals surface area contributed by atoms with E-state index in [4.69, 9.17) is 0 Å². The minimum Gasteiger partial charge on any atom is -0.297 e. The van der Waals surface area contributed by atoms with Gasteiger partial charge in [-0.15, -0.1) is 11.8 Å². The lowest BCUT2D eigenvalue weighted by atomic mass is 10.1. The van der Waals surface area contributed by atoms with Gasteiger partial charge in [0, 0.05) is 17.0 Å². The number of carbonyl (C=O) groups excluding carboxylic acids is 1. The Labute approximate surface area is 127 Å². The molecule has 0 heterocycles. The Morgan fingerprint density at radius 1 is 1.24 bits per heavy atom. The Morgan fingerprint density at radius 3 is 2.33 bits per heavy atom. The minimum atomic E-state index is -4.76. The third kappa shape index (κ3) is 5.04. The summed E-state index contributed by atoms with van der Waals surface area (Å²) in [5, 5.41) is 0. The van der Waals surface area contributed by atoms with Crippen LogP contribution in [-0.4, -0.2) is 35.7 Å². The molecule has 0 saturated carbocycles. The van der Waals surface area contributed by atoms with Gasteiger partial charge in [0.2, 0.25) is 5.78 Å². The van der Waals surface area contributed by atoms with Gasteiger partial charge in [-0.3, -0.25) is 9.69 Å². The number of hydrogen-bond acceptors (Lipinski definition) is 3. The number of nitrogens with zero attached hydrogens (tertiary/aromatic N) is 1. The SMILES string of the molecule is CC(C)N(C)[C@@H](C)c1ccccc1SCC(=O)C(F)(F)F. The molecule has 0 unspecified atom stereocenters. The number of hydrogen-bond donors (Lipinski definition) is 0. The Kier molecular flexibility index (Phi) is 6.28. The number of rotatable bonds is 6. The summed E-state index contributed by atoms with van der Waals surface area (Å²) >= 11 is 0.943. The lowest BCUT2D eigenvalue weighted by Crippen LogP contribution is -2.29. The van der Waals surface area contributed by atoms with E-state index in [1.807, 2.05) is 26.1 Å². The third-order valence-electron chi connectivity index (χ3n) is 3.47. The van der Waals surface area contributed by atoms with Crippen molar-refractivity contribution in [1.82, 2.24) is 4.90 Å². The van der Waals surface area contributed by atoms with E-state index in [0.717, 1.165) is 22.2 Å². The lowest BCUT2D eigenvalue weighted by molar-refractivity contribution is -0.167. The monoisotopic (exact) mass is 319 g/mol. The van der Waals surface area contributed by atoms with Crippen molar-refractivity contribution in [1.29, 1.82) is 0 Å². The number of thioether (sulfide) groups is 1. The average molecular weight is 319 g/mol. The standard InChI is InChI=1S/C15H20F3NOS/c1-10(2)19(4)11(3)12-7-5-6-8-13(12)21-9-14(20)15(16,17)18/h5-8,10-11H,9H2,1-4H3/t11-/m0/s1. The Morgan fingerprint density at radius 2 is 1.81 bits per heavy atom. The molecule has 1 aromatic carbocycles. The molecule has 2 nitrogen and oxygen atoms in total. The van der Waals surface area contributed by atoms with Gasteiger partial charge >= 0.3 is 6.18 Å². The molecule has 118 valence electrons. The first kappa shape index (κ1) is 18.0. The van der Waals surface area contributed by atoms with Crippen LogP contribution in [-0.2, 0) is 4.79 Å². The molecule has 6 heteroatoms. The minimum absolute atomic E-state index is 0.0645. The number of alkyl halides is 3. The molecule has 0 aliphatic rings. The summed E-state index contributed by atoms with van der Waals surface area (Å²) in [6.45, 7) is 6.11. The summed E-state index contributed by atoms with van der Waals surface area (Å²) < 4.78 is 36.8. The van der Waals surface area contributed by atoms with Crippen molar-refractivity contribution in [3.8, 4) is 0 Å². The van der Waals surface area contributed by atoms with Crippen LogP contribution in [0, 0.1) is 0 Å². The van der Waals surface area contributed by atoms with Crippen LogP contribution in [0.15, 0.2) is 29.2 Å². The second-order valence-electron chi connectivity index (χ2n) is 5.18. The summed E-state index contributed by atoms with van der Waals surface area (Å²) in [7, 11) is 1.97. The van der Waals surface area contributed by atoms with E-state index in [-0.39, 0.29) is 6.04 Å². The summed E-state index contributed by atoms with van der Waals surface area (Å²) in [6.07, 6.45) is -4.76. The van der Waals surface area contributed by atoms with Crippen molar-refractivity contribution in [3.63, 3.8) is 0 Å². The van der Waals surface area contributed by atoms with Crippen molar-refractivity contribution in [2.24, 2.45) is 0 Å². The molecular formula is C15H20F3NOS. The Hall–Kier alpha value is -1.01. The van der Waals surface area contributed by atoms with Gasteiger partial charge < -0.3 is 0 Å². The van der Waals surface area contributed by atoms with E-state index in [2.05, 4.69) is 18.7 Å². The van der Waals surface area contributed by atoms with Crippen molar-refractivity contribution >= 4 is 17.5 Å². The van der Waals surface area contributed by atoms with Crippen LogP contribution in [0.3, 0.4) is 0 Å². The molecule has 0 fully saturated rings. The molecule has 1 rings (SSSR count). The molecule has 0 saturated heterocycles. The Balaban J connectivity index is 2.88. The number of ketones is 1. The predicted octanol–water partition coefficient (Wildman–Crippen LogP) is 4.31. The van der Waals surface area contributed by atoms with Crippen LogP contribution in [0.5, 0.6) is 0 Å². The summed E-state index contributed by atoms with van der Waals surface area (Å²) in [6, 6.07) is 7.66. The average Bonchev–Trinajstić information content (AvgIpc) is 2.42. The van der Waals surface area contributed by atoms with Gasteiger partial charge in [-0.2, -0.15) is 13.2 Å². The molecule has 0 bridgehead atoms. The highest BCUT2D eigenvalue weighted by Gasteiger charge is 2.37. The fourth-order valence-corrected chi connectivity index (χ4v) is 2.88. The van der Waals surface area contributed by atoms with E-state index < -0.39 is 17.7 Å². The molecule has 0 aliphatic heterocycles. The smallest absolute Gasteiger partial charge is 0.297 e. The van der Waals surface area contributed by atoms with Crippen LogP contribution in [0.4, 0.5) is 13.2 Å². The zero-order valence-electron chi connectivity index (χ0n) is 12.6. The molecule has 0 amide bonds. The van der Waals surface area contributed by atoms with Crippen LogP contribution in [0.1, 0.15) is 32.4 Å². The quantitative estimate of drug-likeness (QED) is 0.729. The van der Waals surface area contributed by atoms with Gasteiger partial charge in [0.15, 0.2) is 0 Å². The van der Waals surface area contributed by atoms with Gasteiger partial charge in [0.1, 0.15) is 0 Å². The molecule has 0 N–H and O–H groups in total. The van der Waals surface area contributed by atoms with Crippen molar-refractivity contribution in [2.75, 3.05) is 12.8 Å². The first-order valence-electron chi connectivity index (χ1n) is 6.68. The molecule has 1 aromatic rings. The van der Waals surface area contributed by atoms with Crippen LogP contribution >= 0.6 is 11.8 Å². The number of halogens is 3. The Bertz CT molecular complexity index is 488. The zero-order chi connectivity index (χ0) is 16.2. The number of carbonyl (C=O) groups is 1. The fourth-order valence-electron chi connectivity index (χ4n) is 1.85. The molecule has 0 aliphatic carbocycles. The van der Waals surface area contributed by atoms with E-state index in [1.165, 1.54) is 0 Å². The maximum absolute atomic E-state index is 12.3. The first-order valence-corrected chi connectivity index (χ1v) is 7.66. The predicted molar refractivity (Wildman–Crippen MR) is 79.5 cm³/mol. The van der Waals surface area contributed by atoms with Crippen molar-refractivity contribution in [3.05, 3.63) is 29.8 Å². The summed E-state index contributed by atoms with van der Waals surface area (Å²) in [4.78, 5) is 13.9. The largest absolute Gasteiger partial charge is 0.450 e. The molecule has 0 aromatic heterocycles. The fraction of sp³-hybridized carbons (Fsp3) is 0.533. The van der Waals surface area contributed by atoms with Gasteiger partial charge in [0.25, 0.3) is 0 Å². The van der Waals surface area contributed by atoms with Gasteiger partial charge in [-0.05, 0) is 39.4 Å². The maximum atomic E-state index is 12.3. The molecule has 1 atom stereocenters. The highest BCUT2D eigenvalue weighted by molar-refractivity contribution is 8.00. The van der Waals surface area contributed by atoms with Gasteiger partial charge in [-0.25, -0.2) is 0 Å². The summed E-state index contributed by atoms with van der Waals surface area (Å²) in [5.74, 6) is -2.29. The van der Waals surface area contributed by atoms with Crippen molar-refractivity contribution < 1.29 is 18.0 Å². The van der Waals surface area contributed by atoms with E-state index in [1.54, 1.807) is 12.1 Å². The van der Waals surface area contributed by atoms with Crippen LogP contribution in [0.25, 0.3) is 0 Å². The van der Waals surface area contributed by atoms with Crippen molar-refractivity contribution in [2.45, 2.75) is 43.9 Å². The molecule has 21 heavy (non-hydrogen) atoms. The third-order valence-corrected chi connectivity index (χ3v) is 4.56. The topological polar surface area (TPSA) is 20.3 Å². The van der Waals surface area contributed by atoms with E-state index in [9.17, 15) is 18.0 Å². The van der Waals surface area contributed by atoms with Crippen LogP contribution < -0.4 is 0 Å². The lowest BCUT2D eigenvalue weighted by Gasteiger charge is -2.30. The van der Waals surface area contributed by atoms with E-state index >= 15 is 0 Å². The normalized spacial score (nSPS) is 13.8. The van der Waals surface area contributed by atoms with Crippen LogP contribution in [0.2, 0.25) is 0 Å². The zero-order valence-corrected chi connectivity index (χ0v) is 13.4. The maximum Gasteiger partial charge on any atom is 0.450 e. The summed E-state index contributed by atoms with van der Waals surface area (Å²) in [5.41, 5.74) is 0.939. The molecule has 0 radical (unpaired) electrons. The second kappa shape index (κ2) is 7.31. The van der Waals surface area contributed by atoms with Gasteiger partial charge in [-0.1, -0.05) is 18.2 Å². The number of Topliss-reactive ketones (excluding diaryl/α,β-unsaturated/α-hetero) is 1.